The van der Waals surface area contributed by atoms with Crippen molar-refractivity contribution in [3.8, 4) is 0 Å². The van der Waals surface area contributed by atoms with Gasteiger partial charge in [0.15, 0.2) is 0 Å². The van der Waals surface area contributed by atoms with E-state index >= 15 is 0 Å². The summed E-state index contributed by atoms with van der Waals surface area (Å²) in [6.07, 6.45) is -1.22. The Bertz CT molecular complexity index is 121. The maximum absolute atomic E-state index is 11.4. The highest BCUT2D eigenvalue weighted by Crippen LogP contribution is 1.95. The van der Waals surface area contributed by atoms with Gasteiger partial charge in [-0.2, -0.15) is 0 Å². The van der Waals surface area contributed by atoms with Gasteiger partial charge in [-0.1, -0.05) is 12.2 Å². The number of rotatable bonds is 6. The molecule has 0 saturated heterocycles. The number of nitrogens with two attached hydrogens (primary N) is 1. The van der Waals surface area contributed by atoms with Crippen molar-refractivity contribution in [2.75, 3.05) is 13.2 Å². The first kappa shape index (κ1) is 10.7. The van der Waals surface area contributed by atoms with E-state index in [2.05, 4.69) is 17.0 Å². The van der Waals surface area contributed by atoms with Crippen LogP contribution in [-0.2, 0) is 4.74 Å². The van der Waals surface area contributed by atoms with Crippen molar-refractivity contribution in [3.05, 3.63) is 0 Å². The number of thiocarbonyl (C=S) groups is 1. The van der Waals surface area contributed by atoms with Gasteiger partial charge in [0.25, 0.3) is 6.43 Å². The fraction of sp³-hybridized carbons (Fsp3) is 0.833. The van der Waals surface area contributed by atoms with Crippen LogP contribution in [0.3, 0.4) is 0 Å². The van der Waals surface area contributed by atoms with Crippen LogP contribution >= 0.6 is 12.2 Å². The van der Waals surface area contributed by atoms with E-state index in [9.17, 15) is 8.78 Å². The predicted octanol–water partition coefficient (Wildman–Crippen LogP) is 1.33. The Labute approximate surface area is 69.7 Å². The van der Waals surface area contributed by atoms with Crippen LogP contribution in [0, 0.1) is 0 Å². The highest BCUT2D eigenvalue weighted by molar-refractivity contribution is 7.80. The molecule has 0 radical (unpaired) electrons. The molecule has 0 unspecified atom stereocenters. The number of hydrogen-bond donors (Lipinski definition) is 1. The third-order valence-corrected chi connectivity index (χ3v) is 1.16. The first-order chi connectivity index (χ1) is 5.13. The fourth-order valence-corrected chi connectivity index (χ4v) is 0.665. The molecule has 0 fully saturated rings. The minimum Gasteiger partial charge on any atom is -0.393 e. The summed E-state index contributed by atoms with van der Waals surface area (Å²) in [6.45, 7) is -0.209. The molecule has 0 amide bonds. The fourth-order valence-electron chi connectivity index (χ4n) is 0.521. The van der Waals surface area contributed by atoms with E-state index in [-0.39, 0.29) is 0 Å². The van der Waals surface area contributed by atoms with Crippen molar-refractivity contribution in [3.63, 3.8) is 0 Å². The molecule has 66 valence electrons. The quantitative estimate of drug-likeness (QED) is 0.498. The second-order valence-electron chi connectivity index (χ2n) is 2.04. The molecule has 2 nitrogen and oxygen atoms in total. The Balaban J connectivity index is 2.97. The summed E-state index contributed by atoms with van der Waals surface area (Å²) in [4.78, 5) is 0.394. The van der Waals surface area contributed by atoms with Gasteiger partial charge in [0.05, 0.1) is 4.99 Å². The molecule has 0 atom stereocenters. The molecule has 5 heteroatoms. The van der Waals surface area contributed by atoms with Crippen LogP contribution in [0.4, 0.5) is 8.78 Å². The summed E-state index contributed by atoms with van der Waals surface area (Å²) in [5, 5.41) is 0. The molecule has 0 aromatic carbocycles. The van der Waals surface area contributed by atoms with Gasteiger partial charge < -0.3 is 10.5 Å². The molecule has 0 aromatic heterocycles. The van der Waals surface area contributed by atoms with Crippen molar-refractivity contribution in [2.45, 2.75) is 19.3 Å². The Morgan fingerprint density at radius 2 is 2.18 bits per heavy atom. The van der Waals surface area contributed by atoms with Crippen LogP contribution in [0.5, 0.6) is 0 Å². The standard InChI is InChI=1S/C6H11F2NOS/c7-5(8)4-10-3-1-2-6(9)11/h5H,1-4H2,(H2,9,11). The summed E-state index contributed by atoms with van der Waals surface area (Å²) in [7, 11) is 0. The number of ether oxygens (including phenoxy) is 1. The van der Waals surface area contributed by atoms with Crippen LogP contribution < -0.4 is 5.73 Å². The Morgan fingerprint density at radius 1 is 1.55 bits per heavy atom. The van der Waals surface area contributed by atoms with Crippen molar-refractivity contribution < 1.29 is 13.5 Å². The van der Waals surface area contributed by atoms with E-state index in [1.54, 1.807) is 0 Å². The normalized spacial score (nSPS) is 10.5. The Kier molecular flexibility index (Phi) is 6.25. The zero-order chi connectivity index (χ0) is 8.69. The molecule has 0 aliphatic heterocycles. The summed E-state index contributed by atoms with van der Waals surface area (Å²) < 4.78 is 27.5. The lowest BCUT2D eigenvalue weighted by Crippen LogP contribution is -2.10. The molecule has 0 bridgehead atoms. The topological polar surface area (TPSA) is 35.2 Å². The van der Waals surface area contributed by atoms with Gasteiger partial charge in [-0.15, -0.1) is 0 Å². The van der Waals surface area contributed by atoms with Crippen LogP contribution in [0.15, 0.2) is 0 Å². The SMILES string of the molecule is NC(=S)CCCOCC(F)F. The smallest absolute Gasteiger partial charge is 0.261 e. The molecule has 0 spiro atoms. The summed E-state index contributed by atoms with van der Waals surface area (Å²) in [5.74, 6) is 0. The zero-order valence-corrected chi connectivity index (χ0v) is 6.87. The Hall–Kier alpha value is -0.290. The lowest BCUT2D eigenvalue weighted by atomic mass is 10.3. The zero-order valence-electron chi connectivity index (χ0n) is 6.06. The van der Waals surface area contributed by atoms with Gasteiger partial charge in [0.1, 0.15) is 6.61 Å². The molecular formula is C6H11F2NOS. The van der Waals surface area contributed by atoms with Gasteiger partial charge >= 0.3 is 0 Å². The van der Waals surface area contributed by atoms with Crippen LogP contribution in [0.2, 0.25) is 0 Å². The van der Waals surface area contributed by atoms with Crippen LogP contribution in [0.1, 0.15) is 12.8 Å². The molecule has 0 aliphatic rings. The largest absolute Gasteiger partial charge is 0.393 e. The average Bonchev–Trinajstić information content (AvgIpc) is 1.85. The van der Waals surface area contributed by atoms with Crippen molar-refractivity contribution in [2.24, 2.45) is 5.73 Å². The third kappa shape index (κ3) is 9.71. The highest BCUT2D eigenvalue weighted by atomic mass is 32.1. The minimum absolute atomic E-state index is 0.293. The van der Waals surface area contributed by atoms with Gasteiger partial charge in [-0.25, -0.2) is 8.78 Å². The number of hydrogen-bond acceptors (Lipinski definition) is 2. The maximum atomic E-state index is 11.4. The first-order valence-electron chi connectivity index (χ1n) is 3.27. The molecule has 11 heavy (non-hydrogen) atoms. The van der Waals surface area contributed by atoms with Crippen LogP contribution in [-0.4, -0.2) is 24.6 Å². The molecule has 0 aliphatic carbocycles. The average molecular weight is 183 g/mol. The second-order valence-corrected chi connectivity index (χ2v) is 2.56. The van der Waals surface area contributed by atoms with E-state index in [4.69, 9.17) is 5.73 Å². The molecule has 0 aromatic rings. The summed E-state index contributed by atoms with van der Waals surface area (Å²) >= 11 is 4.57. The second kappa shape index (κ2) is 6.42. The molecular weight excluding hydrogens is 172 g/mol. The Morgan fingerprint density at radius 3 is 2.64 bits per heavy atom. The van der Waals surface area contributed by atoms with Gasteiger partial charge in [0.2, 0.25) is 0 Å². The molecule has 2 N–H and O–H groups in total. The monoisotopic (exact) mass is 183 g/mol. The molecule has 0 rings (SSSR count). The minimum atomic E-state index is -2.39. The van der Waals surface area contributed by atoms with Gasteiger partial charge in [-0.3, -0.25) is 0 Å². The van der Waals surface area contributed by atoms with Crippen molar-refractivity contribution in [1.82, 2.24) is 0 Å². The van der Waals surface area contributed by atoms with E-state index in [0.717, 1.165) is 0 Å². The molecule has 0 saturated carbocycles. The van der Waals surface area contributed by atoms with E-state index in [1.807, 2.05) is 0 Å². The number of alkyl halides is 2. The van der Waals surface area contributed by atoms with Crippen LogP contribution in [0.25, 0.3) is 0 Å². The summed E-state index contributed by atoms with van der Waals surface area (Å²) in [6, 6.07) is 0. The molecule has 0 heterocycles. The lowest BCUT2D eigenvalue weighted by Gasteiger charge is -2.01. The van der Waals surface area contributed by atoms with Crippen molar-refractivity contribution in [1.29, 1.82) is 0 Å². The van der Waals surface area contributed by atoms with E-state index in [0.29, 0.717) is 24.4 Å². The first-order valence-corrected chi connectivity index (χ1v) is 3.68. The number of halogens is 2. The van der Waals surface area contributed by atoms with Gasteiger partial charge in [0, 0.05) is 6.61 Å². The van der Waals surface area contributed by atoms with Crippen molar-refractivity contribution >= 4 is 17.2 Å². The van der Waals surface area contributed by atoms with Gasteiger partial charge in [-0.05, 0) is 12.8 Å². The lowest BCUT2D eigenvalue weighted by molar-refractivity contribution is 0.0172. The summed E-state index contributed by atoms with van der Waals surface area (Å²) in [5.41, 5.74) is 5.16. The predicted molar refractivity (Wildman–Crippen MR) is 42.8 cm³/mol. The highest BCUT2D eigenvalue weighted by Gasteiger charge is 2.00. The maximum Gasteiger partial charge on any atom is 0.261 e. The van der Waals surface area contributed by atoms with E-state index in [1.165, 1.54) is 0 Å². The van der Waals surface area contributed by atoms with E-state index < -0.39 is 13.0 Å². The third-order valence-electron chi connectivity index (χ3n) is 0.956.